The van der Waals surface area contributed by atoms with Crippen LogP contribution in [0.5, 0.6) is 0 Å². The first-order valence-electron chi connectivity index (χ1n) is 12.8. The van der Waals surface area contributed by atoms with E-state index in [1.165, 1.54) is 6.07 Å². The summed E-state index contributed by atoms with van der Waals surface area (Å²) in [4.78, 5) is 15.2. The number of esters is 1. The van der Waals surface area contributed by atoms with Gasteiger partial charge in [-0.05, 0) is 60.7 Å². The molecule has 4 aromatic carbocycles. The maximum Gasteiger partial charge on any atom is 0.307 e. The summed E-state index contributed by atoms with van der Waals surface area (Å²) in [7, 11) is 0. The predicted octanol–water partition coefficient (Wildman–Crippen LogP) is 8.06. The fourth-order valence-corrected chi connectivity index (χ4v) is 4.87. The van der Waals surface area contributed by atoms with Gasteiger partial charge in [-0.15, -0.1) is 0 Å². The summed E-state index contributed by atoms with van der Waals surface area (Å²) in [6, 6.07) is 33.2. The monoisotopic (exact) mass is 495 g/mol. The molecule has 0 radical (unpaired) electrons. The standard InChI is InChI=1S/C33H34FNO2/c1-4-37-33(36)22-32(28-19-20-31(34)30(21-28)29-18-12-11-13-24(29)2)35(23-26-14-7-5-8-15-26)25(3)27-16-9-6-10-17-27/h5-21,25,32H,4,22-23H2,1-3H3/t25-,32+/m1/s1. The Bertz CT molecular complexity index is 1310. The lowest BCUT2D eigenvalue weighted by molar-refractivity contribution is -0.145. The van der Waals surface area contributed by atoms with Gasteiger partial charge in [-0.3, -0.25) is 9.69 Å². The van der Waals surface area contributed by atoms with Gasteiger partial charge < -0.3 is 4.74 Å². The summed E-state index contributed by atoms with van der Waals surface area (Å²) in [5.41, 5.74) is 5.55. The maximum atomic E-state index is 15.1. The second kappa shape index (κ2) is 12.5. The van der Waals surface area contributed by atoms with Crippen molar-refractivity contribution in [3.8, 4) is 11.1 Å². The Morgan fingerprint density at radius 3 is 2.16 bits per heavy atom. The van der Waals surface area contributed by atoms with Gasteiger partial charge in [0.1, 0.15) is 5.82 Å². The molecule has 0 N–H and O–H groups in total. The van der Waals surface area contributed by atoms with Gasteiger partial charge in [0.15, 0.2) is 0 Å². The normalized spacial score (nSPS) is 12.8. The highest BCUT2D eigenvalue weighted by Gasteiger charge is 2.29. The fraction of sp³-hybridized carbons (Fsp3) is 0.242. The SMILES string of the molecule is CCOC(=O)C[C@@H](c1ccc(F)c(-c2ccccc2C)c1)N(Cc1ccccc1)[C@H](C)c1ccccc1. The maximum absolute atomic E-state index is 15.1. The molecule has 4 aromatic rings. The molecule has 0 bridgehead atoms. The Labute approximate surface area is 219 Å². The molecule has 0 saturated heterocycles. The summed E-state index contributed by atoms with van der Waals surface area (Å²) in [5, 5.41) is 0. The number of nitrogens with zero attached hydrogens (tertiary/aromatic N) is 1. The Kier molecular flexibility index (Phi) is 8.86. The smallest absolute Gasteiger partial charge is 0.307 e. The van der Waals surface area contributed by atoms with Crippen LogP contribution >= 0.6 is 0 Å². The first kappa shape index (κ1) is 26.3. The fourth-order valence-electron chi connectivity index (χ4n) is 4.87. The first-order valence-corrected chi connectivity index (χ1v) is 12.8. The van der Waals surface area contributed by atoms with Crippen molar-refractivity contribution < 1.29 is 13.9 Å². The Morgan fingerprint density at radius 1 is 0.838 bits per heavy atom. The van der Waals surface area contributed by atoms with Crippen molar-refractivity contribution in [1.82, 2.24) is 4.90 Å². The molecule has 37 heavy (non-hydrogen) atoms. The third-order valence-electron chi connectivity index (χ3n) is 6.86. The van der Waals surface area contributed by atoms with Crippen LogP contribution in [0.25, 0.3) is 11.1 Å². The van der Waals surface area contributed by atoms with Crippen molar-refractivity contribution in [3.63, 3.8) is 0 Å². The average molecular weight is 496 g/mol. The number of carbonyl (C=O) groups is 1. The number of ether oxygens (including phenoxy) is 1. The van der Waals surface area contributed by atoms with Crippen molar-refractivity contribution in [2.24, 2.45) is 0 Å². The minimum Gasteiger partial charge on any atom is -0.466 e. The van der Waals surface area contributed by atoms with Crippen LogP contribution in [0.15, 0.2) is 103 Å². The van der Waals surface area contributed by atoms with Crippen molar-refractivity contribution in [3.05, 3.63) is 131 Å². The molecule has 3 nitrogen and oxygen atoms in total. The number of carbonyl (C=O) groups excluding carboxylic acids is 1. The molecule has 0 amide bonds. The van der Waals surface area contributed by atoms with Gasteiger partial charge in [-0.2, -0.15) is 0 Å². The lowest BCUT2D eigenvalue weighted by Gasteiger charge is -2.37. The largest absolute Gasteiger partial charge is 0.466 e. The molecule has 0 aliphatic heterocycles. The van der Waals surface area contributed by atoms with Crippen LogP contribution in [-0.2, 0) is 16.1 Å². The molecule has 2 atom stereocenters. The van der Waals surface area contributed by atoms with Crippen molar-refractivity contribution in [1.29, 1.82) is 0 Å². The lowest BCUT2D eigenvalue weighted by atomic mass is 9.92. The molecule has 4 heteroatoms. The van der Waals surface area contributed by atoms with E-state index in [9.17, 15) is 4.79 Å². The number of hydrogen-bond donors (Lipinski definition) is 0. The van der Waals surface area contributed by atoms with Gasteiger partial charge in [-0.25, -0.2) is 4.39 Å². The molecule has 0 aliphatic carbocycles. The van der Waals surface area contributed by atoms with Crippen LogP contribution in [0.1, 0.15) is 54.6 Å². The molecular weight excluding hydrogens is 461 g/mol. The van der Waals surface area contributed by atoms with Crippen LogP contribution in [0.4, 0.5) is 4.39 Å². The van der Waals surface area contributed by atoms with Crippen LogP contribution in [-0.4, -0.2) is 17.5 Å². The van der Waals surface area contributed by atoms with Crippen LogP contribution in [0.2, 0.25) is 0 Å². The van der Waals surface area contributed by atoms with E-state index in [0.29, 0.717) is 18.7 Å². The Morgan fingerprint density at radius 2 is 1.49 bits per heavy atom. The molecule has 0 aromatic heterocycles. The second-order valence-corrected chi connectivity index (χ2v) is 9.32. The molecule has 0 saturated carbocycles. The van der Waals surface area contributed by atoms with Crippen molar-refractivity contribution in [2.75, 3.05) is 6.61 Å². The Hall–Kier alpha value is -3.76. The predicted molar refractivity (Wildman–Crippen MR) is 147 cm³/mol. The molecule has 0 aliphatic rings. The summed E-state index contributed by atoms with van der Waals surface area (Å²) in [6.45, 7) is 6.89. The van der Waals surface area contributed by atoms with Gasteiger partial charge in [0.25, 0.3) is 0 Å². The Balaban J connectivity index is 1.83. The van der Waals surface area contributed by atoms with E-state index in [-0.39, 0.29) is 30.3 Å². The molecule has 0 unspecified atom stereocenters. The van der Waals surface area contributed by atoms with Gasteiger partial charge in [0.2, 0.25) is 0 Å². The van der Waals surface area contributed by atoms with Crippen LogP contribution in [0.3, 0.4) is 0 Å². The molecule has 0 heterocycles. The molecule has 190 valence electrons. The van der Waals surface area contributed by atoms with E-state index >= 15 is 4.39 Å². The molecule has 4 rings (SSSR count). The topological polar surface area (TPSA) is 29.5 Å². The van der Waals surface area contributed by atoms with E-state index in [2.05, 4.69) is 36.1 Å². The van der Waals surface area contributed by atoms with Crippen LogP contribution < -0.4 is 0 Å². The highest BCUT2D eigenvalue weighted by atomic mass is 19.1. The van der Waals surface area contributed by atoms with Crippen molar-refractivity contribution in [2.45, 2.75) is 45.8 Å². The lowest BCUT2D eigenvalue weighted by Crippen LogP contribution is -2.33. The van der Waals surface area contributed by atoms with Crippen molar-refractivity contribution >= 4 is 5.97 Å². The van der Waals surface area contributed by atoms with E-state index in [4.69, 9.17) is 4.74 Å². The quantitative estimate of drug-likeness (QED) is 0.208. The number of hydrogen-bond acceptors (Lipinski definition) is 3. The molecule has 0 spiro atoms. The average Bonchev–Trinajstić information content (AvgIpc) is 2.92. The van der Waals surface area contributed by atoms with Gasteiger partial charge in [0.05, 0.1) is 13.0 Å². The van der Waals surface area contributed by atoms with E-state index in [1.54, 1.807) is 6.07 Å². The van der Waals surface area contributed by atoms with E-state index < -0.39 is 0 Å². The number of aryl methyl sites for hydroxylation is 1. The zero-order valence-electron chi connectivity index (χ0n) is 21.7. The second-order valence-electron chi connectivity index (χ2n) is 9.32. The van der Waals surface area contributed by atoms with E-state index in [1.807, 2.05) is 80.6 Å². The van der Waals surface area contributed by atoms with Crippen LogP contribution in [0, 0.1) is 12.7 Å². The zero-order chi connectivity index (χ0) is 26.2. The number of rotatable bonds is 10. The summed E-state index contributed by atoms with van der Waals surface area (Å²) in [6.07, 6.45) is 0.163. The highest BCUT2D eigenvalue weighted by Crippen LogP contribution is 2.37. The minimum absolute atomic E-state index is 0.00667. The van der Waals surface area contributed by atoms with Gasteiger partial charge >= 0.3 is 5.97 Å². The zero-order valence-corrected chi connectivity index (χ0v) is 21.7. The highest BCUT2D eigenvalue weighted by molar-refractivity contribution is 5.72. The van der Waals surface area contributed by atoms with Gasteiger partial charge in [0, 0.05) is 24.2 Å². The minimum atomic E-state index is -0.321. The van der Waals surface area contributed by atoms with Gasteiger partial charge in [-0.1, -0.05) is 91.0 Å². The van der Waals surface area contributed by atoms with E-state index in [0.717, 1.165) is 27.8 Å². The summed E-state index contributed by atoms with van der Waals surface area (Å²) in [5.74, 6) is -0.550. The third kappa shape index (κ3) is 6.52. The first-order chi connectivity index (χ1) is 18.0. The number of halogens is 1. The third-order valence-corrected chi connectivity index (χ3v) is 6.86. The number of benzene rings is 4. The summed E-state index contributed by atoms with van der Waals surface area (Å²) < 4.78 is 20.5. The molecule has 0 fully saturated rings. The summed E-state index contributed by atoms with van der Waals surface area (Å²) >= 11 is 0. The molecular formula is C33H34FNO2.